The topological polar surface area (TPSA) is 69.9 Å². The van der Waals surface area contributed by atoms with E-state index in [2.05, 4.69) is 37.8 Å². The predicted molar refractivity (Wildman–Crippen MR) is 84.3 cm³/mol. The smallest absolute Gasteiger partial charge is 0.169 e. The van der Waals surface area contributed by atoms with Crippen LogP contribution in [0.15, 0.2) is 0 Å². The second-order valence-corrected chi connectivity index (χ2v) is 7.09. The minimum Gasteiger partial charge on any atom is -0.394 e. The highest BCUT2D eigenvalue weighted by Gasteiger charge is 2.35. The van der Waals surface area contributed by atoms with E-state index in [1.807, 2.05) is 0 Å². The fraction of sp³-hybridized carbons (Fsp3) is 0.800. The Morgan fingerprint density at radius 1 is 1.20 bits per heavy atom. The van der Waals surface area contributed by atoms with Crippen LogP contribution in [0.2, 0.25) is 0 Å². The summed E-state index contributed by atoms with van der Waals surface area (Å²) >= 11 is 0. The fourth-order valence-corrected chi connectivity index (χ4v) is 3.02. The van der Waals surface area contributed by atoms with Crippen LogP contribution in [0.25, 0.3) is 0 Å². The third-order valence-electron chi connectivity index (χ3n) is 4.71. The Labute approximate surface area is 122 Å². The van der Waals surface area contributed by atoms with Crippen LogP contribution in [-0.4, -0.2) is 42.0 Å². The molecule has 1 aliphatic carbocycles. The van der Waals surface area contributed by atoms with Crippen LogP contribution in [0, 0.1) is 5.92 Å². The summed E-state index contributed by atoms with van der Waals surface area (Å²) in [6, 6.07) is 0.582. The van der Waals surface area contributed by atoms with E-state index >= 15 is 0 Å². The highest BCUT2D eigenvalue weighted by Crippen LogP contribution is 2.44. The summed E-state index contributed by atoms with van der Waals surface area (Å²) in [7, 11) is 6.54. The van der Waals surface area contributed by atoms with Gasteiger partial charge in [0.1, 0.15) is 0 Å². The highest BCUT2D eigenvalue weighted by molar-refractivity contribution is 5.62. The Morgan fingerprint density at radius 2 is 1.85 bits per heavy atom. The normalized spacial score (nSPS) is 24.6. The molecule has 1 saturated carbocycles. The van der Waals surface area contributed by atoms with Crippen molar-refractivity contribution in [3.05, 3.63) is 5.69 Å². The quantitative estimate of drug-likeness (QED) is 0.774. The van der Waals surface area contributed by atoms with Crippen molar-refractivity contribution in [2.24, 2.45) is 5.92 Å². The van der Waals surface area contributed by atoms with Crippen molar-refractivity contribution in [2.45, 2.75) is 45.1 Å². The van der Waals surface area contributed by atoms with Crippen molar-refractivity contribution < 1.29 is 4.48 Å². The highest BCUT2D eigenvalue weighted by atomic mass is 15.3. The molecule has 1 aromatic rings. The van der Waals surface area contributed by atoms with Crippen LogP contribution >= 0.6 is 0 Å². The maximum Gasteiger partial charge on any atom is 0.169 e. The SMILES string of the molecule is CC[N+](C)(C)C.Nc1nn2c(c1N)CCC1CCCC12. The lowest BCUT2D eigenvalue weighted by molar-refractivity contribution is -0.868. The average molecular weight is 280 g/mol. The van der Waals surface area contributed by atoms with Gasteiger partial charge in [0.05, 0.1) is 45.1 Å². The van der Waals surface area contributed by atoms with Crippen LogP contribution in [0.3, 0.4) is 0 Å². The Balaban J connectivity index is 0.000000212. The number of quaternary nitrogens is 1. The molecule has 2 atom stereocenters. The molecule has 4 N–H and O–H groups in total. The summed E-state index contributed by atoms with van der Waals surface area (Å²) in [5.41, 5.74) is 13.5. The van der Waals surface area contributed by atoms with Gasteiger partial charge in [-0.2, -0.15) is 5.10 Å². The first-order valence-corrected chi connectivity index (χ1v) is 7.76. The Kier molecular flexibility index (Phi) is 4.28. The largest absolute Gasteiger partial charge is 0.394 e. The molecule has 0 radical (unpaired) electrons. The van der Waals surface area contributed by atoms with Crippen molar-refractivity contribution in [3.8, 4) is 0 Å². The van der Waals surface area contributed by atoms with Gasteiger partial charge in [0, 0.05) is 0 Å². The maximum absolute atomic E-state index is 5.90. The van der Waals surface area contributed by atoms with Gasteiger partial charge in [0.25, 0.3) is 0 Å². The van der Waals surface area contributed by atoms with Gasteiger partial charge in [-0.05, 0) is 38.5 Å². The molecule has 0 bridgehead atoms. The van der Waals surface area contributed by atoms with Crippen molar-refractivity contribution in [2.75, 3.05) is 39.2 Å². The first kappa shape index (κ1) is 15.2. The Bertz CT molecular complexity index is 458. The summed E-state index contributed by atoms with van der Waals surface area (Å²) in [5, 5.41) is 4.36. The standard InChI is InChI=1S/C10H16N4.C5H14N/c11-9-8-5-4-6-2-1-3-7(6)14(8)13-10(9)12;1-5-6(2,3)4/h6-7H,1-5,11H2,(H2,12,13);5H2,1-4H3/q;+1. The molecule has 2 heterocycles. The zero-order valence-electron chi connectivity index (χ0n) is 13.4. The van der Waals surface area contributed by atoms with Crippen molar-refractivity contribution in [3.63, 3.8) is 0 Å². The third-order valence-corrected chi connectivity index (χ3v) is 4.71. The molecule has 2 unspecified atom stereocenters. The summed E-state index contributed by atoms with van der Waals surface area (Å²) in [4.78, 5) is 0. The molecule has 0 amide bonds. The molecular formula is C15H30N5+. The molecule has 0 aromatic carbocycles. The van der Waals surface area contributed by atoms with Crippen LogP contribution in [0.4, 0.5) is 11.5 Å². The van der Waals surface area contributed by atoms with Crippen LogP contribution in [-0.2, 0) is 6.42 Å². The van der Waals surface area contributed by atoms with E-state index in [0.717, 1.165) is 22.5 Å². The van der Waals surface area contributed by atoms with Gasteiger partial charge in [-0.15, -0.1) is 0 Å². The van der Waals surface area contributed by atoms with E-state index in [1.165, 1.54) is 37.9 Å². The van der Waals surface area contributed by atoms with Gasteiger partial charge in [-0.25, -0.2) is 0 Å². The van der Waals surface area contributed by atoms with Gasteiger partial charge in [0.15, 0.2) is 5.82 Å². The molecule has 3 rings (SSSR count). The average Bonchev–Trinajstić information content (AvgIpc) is 2.96. The molecule has 1 aromatic heterocycles. The summed E-state index contributed by atoms with van der Waals surface area (Å²) in [6.45, 7) is 3.39. The summed E-state index contributed by atoms with van der Waals surface area (Å²) in [5.74, 6) is 1.34. The number of nitrogens with two attached hydrogens (primary N) is 2. The zero-order chi connectivity index (χ0) is 14.9. The molecule has 0 spiro atoms. The van der Waals surface area contributed by atoms with Gasteiger partial charge in [-0.3, -0.25) is 4.68 Å². The third kappa shape index (κ3) is 3.08. The monoisotopic (exact) mass is 280 g/mol. The van der Waals surface area contributed by atoms with E-state index in [4.69, 9.17) is 11.5 Å². The molecule has 20 heavy (non-hydrogen) atoms. The second-order valence-electron chi connectivity index (χ2n) is 7.09. The second kappa shape index (κ2) is 5.64. The number of aromatic nitrogens is 2. The van der Waals surface area contributed by atoms with Gasteiger partial charge in [0.2, 0.25) is 0 Å². The van der Waals surface area contributed by atoms with Crippen LogP contribution in [0.5, 0.6) is 0 Å². The fourth-order valence-electron chi connectivity index (χ4n) is 3.02. The van der Waals surface area contributed by atoms with E-state index in [1.54, 1.807) is 0 Å². The summed E-state index contributed by atoms with van der Waals surface area (Å²) in [6.07, 6.45) is 6.24. The summed E-state index contributed by atoms with van der Waals surface area (Å²) < 4.78 is 3.17. The molecule has 0 saturated heterocycles. The number of nitrogens with zero attached hydrogens (tertiary/aromatic N) is 3. The first-order valence-electron chi connectivity index (χ1n) is 7.76. The number of nitrogen functional groups attached to an aromatic ring is 2. The minimum absolute atomic E-state index is 0.521. The maximum atomic E-state index is 5.90. The van der Waals surface area contributed by atoms with Crippen LogP contribution in [0.1, 0.15) is 44.3 Å². The predicted octanol–water partition coefficient (Wildman–Crippen LogP) is 2.05. The lowest BCUT2D eigenvalue weighted by Crippen LogP contribution is -2.33. The van der Waals surface area contributed by atoms with Gasteiger partial charge in [-0.1, -0.05) is 6.42 Å². The Hall–Kier alpha value is -1.23. The molecule has 5 nitrogen and oxygen atoms in total. The molecular weight excluding hydrogens is 250 g/mol. The molecule has 1 aliphatic heterocycles. The molecule has 5 heteroatoms. The number of rotatable bonds is 1. The van der Waals surface area contributed by atoms with Gasteiger partial charge >= 0.3 is 0 Å². The van der Waals surface area contributed by atoms with E-state index in [-0.39, 0.29) is 0 Å². The van der Waals surface area contributed by atoms with Gasteiger partial charge < -0.3 is 16.0 Å². The Morgan fingerprint density at radius 3 is 2.45 bits per heavy atom. The molecule has 114 valence electrons. The van der Waals surface area contributed by atoms with Crippen molar-refractivity contribution >= 4 is 11.5 Å². The van der Waals surface area contributed by atoms with E-state index < -0.39 is 0 Å². The van der Waals surface area contributed by atoms with Crippen molar-refractivity contribution in [1.82, 2.24) is 9.78 Å². The molecule has 1 fully saturated rings. The van der Waals surface area contributed by atoms with E-state index in [9.17, 15) is 0 Å². The minimum atomic E-state index is 0.521. The van der Waals surface area contributed by atoms with Crippen molar-refractivity contribution in [1.29, 1.82) is 0 Å². The first-order chi connectivity index (χ1) is 9.33. The van der Waals surface area contributed by atoms with Crippen LogP contribution < -0.4 is 11.5 Å². The lowest BCUT2D eigenvalue weighted by Gasteiger charge is -2.27. The number of hydrogen-bond acceptors (Lipinski definition) is 3. The zero-order valence-corrected chi connectivity index (χ0v) is 13.4. The number of fused-ring (bicyclic) bond motifs is 3. The number of hydrogen-bond donors (Lipinski definition) is 2. The van der Waals surface area contributed by atoms with E-state index in [0.29, 0.717) is 11.9 Å². The number of anilines is 2. The lowest BCUT2D eigenvalue weighted by atomic mass is 9.92. The molecule has 2 aliphatic rings.